The number of aromatic nitrogens is 1. The normalized spacial score (nSPS) is 29.5. The van der Waals surface area contributed by atoms with Crippen LogP contribution in [0.1, 0.15) is 50.1 Å². The summed E-state index contributed by atoms with van der Waals surface area (Å²) in [6.07, 6.45) is 3.86. The Hall–Kier alpha value is -2.25. The Morgan fingerprint density at radius 2 is 2.15 bits per heavy atom. The molecule has 6 atom stereocenters. The van der Waals surface area contributed by atoms with Gasteiger partial charge in [-0.05, 0) is 60.8 Å². The number of carbonyl (C=O) groups excluding carboxylic acids is 1. The van der Waals surface area contributed by atoms with Gasteiger partial charge in [-0.3, -0.25) is 4.79 Å². The maximum atomic E-state index is 13.2. The predicted octanol–water partition coefficient (Wildman–Crippen LogP) is 5.36. The van der Waals surface area contributed by atoms with Gasteiger partial charge in [0.25, 0.3) is 0 Å². The van der Waals surface area contributed by atoms with E-state index in [1.54, 1.807) is 41.5 Å². The molecule has 5 nitrogen and oxygen atoms in total. The highest BCUT2D eigenvalue weighted by atomic mass is 32.1. The highest BCUT2D eigenvalue weighted by Crippen LogP contribution is 2.57. The molecule has 2 aromatic rings. The van der Waals surface area contributed by atoms with E-state index in [4.69, 9.17) is 4.98 Å². The summed E-state index contributed by atoms with van der Waals surface area (Å²) in [5.74, 6) is -0.381. The second-order valence-electron chi connectivity index (χ2n) is 10.1. The Morgan fingerprint density at radius 1 is 1.45 bits per heavy atom. The average Bonchev–Trinajstić information content (AvgIpc) is 3.16. The molecule has 2 aliphatic carbocycles. The summed E-state index contributed by atoms with van der Waals surface area (Å²) >= 11 is 1.65. The number of hydrogen-bond donors (Lipinski definition) is 2. The number of rotatable bonds is 6. The summed E-state index contributed by atoms with van der Waals surface area (Å²) in [7, 11) is 1.79. The van der Waals surface area contributed by atoms with Gasteiger partial charge in [0.15, 0.2) is 5.13 Å². The smallest absolute Gasteiger partial charge is 0.225 e. The third kappa shape index (κ3) is 4.45. The van der Waals surface area contributed by atoms with Crippen molar-refractivity contribution < 1.29 is 14.3 Å². The molecule has 0 saturated heterocycles. The fourth-order valence-electron chi connectivity index (χ4n) is 6.07. The second-order valence-corrected chi connectivity index (χ2v) is 11.2. The number of nitrogens with one attached hydrogen (secondary N) is 1. The predicted molar refractivity (Wildman–Crippen MR) is 131 cm³/mol. The van der Waals surface area contributed by atoms with E-state index in [-0.39, 0.29) is 40.8 Å². The Bertz CT molecular complexity index is 1020. The van der Waals surface area contributed by atoms with Crippen molar-refractivity contribution in [3.8, 4) is 0 Å². The van der Waals surface area contributed by atoms with Crippen molar-refractivity contribution in [1.29, 1.82) is 0 Å². The molecule has 2 aliphatic rings. The minimum atomic E-state index is -0.557. The molecule has 0 spiro atoms. The van der Waals surface area contributed by atoms with Crippen LogP contribution in [0.25, 0.3) is 0 Å². The third-order valence-corrected chi connectivity index (χ3v) is 8.82. The van der Waals surface area contributed by atoms with Crippen molar-refractivity contribution in [2.75, 3.05) is 18.9 Å². The molecule has 0 aliphatic heterocycles. The molecule has 1 aromatic carbocycles. The summed E-state index contributed by atoms with van der Waals surface area (Å²) in [6.45, 7) is 10.6. The monoisotopic (exact) mass is 471 g/mol. The first-order valence-electron chi connectivity index (χ1n) is 11.7. The van der Waals surface area contributed by atoms with Crippen LogP contribution in [0.4, 0.5) is 15.2 Å². The average molecular weight is 472 g/mol. The lowest BCUT2D eigenvalue weighted by Crippen LogP contribution is -2.53. The van der Waals surface area contributed by atoms with Gasteiger partial charge >= 0.3 is 0 Å². The van der Waals surface area contributed by atoms with E-state index in [0.717, 1.165) is 35.8 Å². The minimum Gasteiger partial charge on any atom is -0.392 e. The lowest BCUT2D eigenvalue weighted by atomic mass is 9.53. The fourth-order valence-corrected chi connectivity index (χ4v) is 7.36. The first-order chi connectivity index (χ1) is 15.6. The van der Waals surface area contributed by atoms with Gasteiger partial charge in [0.1, 0.15) is 5.82 Å². The van der Waals surface area contributed by atoms with E-state index >= 15 is 0 Å². The molecular formula is C26H34FN3O2S. The number of hydrogen-bond acceptors (Lipinski definition) is 5. The number of halogens is 1. The highest BCUT2D eigenvalue weighted by Gasteiger charge is 2.54. The zero-order valence-corrected chi connectivity index (χ0v) is 20.7. The number of aliphatic hydroxyl groups excluding tert-OH is 1. The maximum absolute atomic E-state index is 13.2. The molecule has 7 heteroatoms. The first-order valence-corrected chi connectivity index (χ1v) is 12.5. The van der Waals surface area contributed by atoms with E-state index in [1.165, 1.54) is 17.0 Å². The van der Waals surface area contributed by atoms with Gasteiger partial charge in [-0.25, -0.2) is 9.37 Å². The zero-order chi connectivity index (χ0) is 23.9. The van der Waals surface area contributed by atoms with Crippen LogP contribution in [0.3, 0.4) is 0 Å². The van der Waals surface area contributed by atoms with Crippen LogP contribution in [0.15, 0.2) is 36.9 Å². The molecule has 33 heavy (non-hydrogen) atoms. The van der Waals surface area contributed by atoms with Gasteiger partial charge in [0.2, 0.25) is 5.91 Å². The summed E-state index contributed by atoms with van der Waals surface area (Å²) in [4.78, 5) is 20.7. The Labute approximate surface area is 199 Å². The standard InChI is InChI=1S/C26H34FN3O2S/c1-6-13-30(5)24(32)15(2)19-11-12-26(4)14-20-22(16(3)21(26)23(19)31)29-25(33-20)28-18-9-7-17(27)8-10-18/h6-10,15-16,19,21,23,31H,1,11-14H2,2-5H3,(H,28,29)/t15-,16-,19?,21+,23-,26-/m0/s1. The number of benzene rings is 1. The molecule has 2 N–H and O–H groups in total. The largest absolute Gasteiger partial charge is 0.392 e. The third-order valence-electron chi connectivity index (χ3n) is 7.83. The molecule has 4 rings (SSSR count). The molecule has 1 aromatic heterocycles. The number of anilines is 2. The number of likely N-dealkylation sites (N-methyl/N-ethyl adjacent to an activating group) is 1. The number of amides is 1. The maximum Gasteiger partial charge on any atom is 0.225 e. The first kappa shape index (κ1) is 23.9. The van der Waals surface area contributed by atoms with E-state index < -0.39 is 6.10 Å². The van der Waals surface area contributed by atoms with Gasteiger partial charge in [0, 0.05) is 36.0 Å². The molecule has 178 valence electrons. The van der Waals surface area contributed by atoms with E-state index in [9.17, 15) is 14.3 Å². The molecule has 1 heterocycles. The van der Waals surface area contributed by atoms with Crippen LogP contribution in [-0.2, 0) is 11.2 Å². The number of thiazole rings is 1. The van der Waals surface area contributed by atoms with Crippen LogP contribution in [-0.4, -0.2) is 40.6 Å². The van der Waals surface area contributed by atoms with Crippen molar-refractivity contribution in [1.82, 2.24) is 9.88 Å². The van der Waals surface area contributed by atoms with E-state index in [2.05, 4.69) is 25.7 Å². The lowest BCUT2D eigenvalue weighted by Gasteiger charge is -2.53. The number of nitrogens with zero attached hydrogens (tertiary/aromatic N) is 2. The van der Waals surface area contributed by atoms with Gasteiger partial charge in [-0.1, -0.05) is 26.8 Å². The Kier molecular flexibility index (Phi) is 6.65. The summed E-state index contributed by atoms with van der Waals surface area (Å²) in [5, 5.41) is 15.7. The van der Waals surface area contributed by atoms with Gasteiger partial charge < -0.3 is 15.3 Å². The molecule has 0 radical (unpaired) electrons. The molecule has 1 saturated carbocycles. The molecule has 1 fully saturated rings. The number of fused-ring (bicyclic) bond motifs is 2. The molecule has 0 bridgehead atoms. The molecule has 1 unspecified atom stereocenters. The van der Waals surface area contributed by atoms with Crippen LogP contribution >= 0.6 is 11.3 Å². The summed E-state index contributed by atoms with van der Waals surface area (Å²) in [5.41, 5.74) is 1.81. The van der Waals surface area contributed by atoms with Crippen LogP contribution in [0.2, 0.25) is 0 Å². The highest BCUT2D eigenvalue weighted by molar-refractivity contribution is 7.15. The van der Waals surface area contributed by atoms with Gasteiger partial charge in [-0.2, -0.15) is 0 Å². The van der Waals surface area contributed by atoms with E-state index in [0.29, 0.717) is 6.54 Å². The Balaban J connectivity index is 1.56. The van der Waals surface area contributed by atoms with Crippen molar-refractivity contribution in [2.45, 2.75) is 52.1 Å². The Morgan fingerprint density at radius 3 is 2.82 bits per heavy atom. The fraction of sp³-hybridized carbons (Fsp3) is 0.538. The number of aliphatic hydroxyl groups is 1. The second kappa shape index (κ2) is 9.18. The summed E-state index contributed by atoms with van der Waals surface area (Å²) < 4.78 is 13.2. The van der Waals surface area contributed by atoms with Crippen LogP contribution in [0.5, 0.6) is 0 Å². The van der Waals surface area contributed by atoms with Crippen LogP contribution in [0, 0.1) is 29.0 Å². The van der Waals surface area contributed by atoms with Crippen molar-refractivity contribution in [3.05, 3.63) is 53.3 Å². The quantitative estimate of drug-likeness (QED) is 0.557. The van der Waals surface area contributed by atoms with Crippen molar-refractivity contribution >= 4 is 28.1 Å². The SMILES string of the molecule is C=CCN(C)C(=O)[C@@H](C)C1CC[C@@]2(C)Cc3sc(Nc4ccc(F)cc4)nc3[C@@H](C)[C@@H]2[C@H]1O. The van der Waals surface area contributed by atoms with Crippen molar-refractivity contribution in [3.63, 3.8) is 0 Å². The number of carbonyl (C=O) groups is 1. The van der Waals surface area contributed by atoms with E-state index in [1.807, 2.05) is 6.92 Å². The van der Waals surface area contributed by atoms with Crippen molar-refractivity contribution in [2.24, 2.45) is 23.2 Å². The van der Waals surface area contributed by atoms with Gasteiger partial charge in [-0.15, -0.1) is 17.9 Å². The minimum absolute atomic E-state index is 0.0300. The topological polar surface area (TPSA) is 65.5 Å². The van der Waals surface area contributed by atoms with Crippen LogP contribution < -0.4 is 5.32 Å². The lowest BCUT2D eigenvalue weighted by molar-refractivity contribution is -0.143. The van der Waals surface area contributed by atoms with Gasteiger partial charge in [0.05, 0.1) is 11.8 Å². The summed E-state index contributed by atoms with van der Waals surface area (Å²) in [6, 6.07) is 6.27. The zero-order valence-electron chi connectivity index (χ0n) is 19.8. The molecule has 1 amide bonds. The molecular weight excluding hydrogens is 437 g/mol.